The maximum Gasteiger partial charge on any atom is 0.419 e. The van der Waals surface area contributed by atoms with Crippen LogP contribution in [-0.2, 0) is 11.3 Å². The average Bonchev–Trinajstić information content (AvgIpc) is 2.96. The fourth-order valence-electron chi connectivity index (χ4n) is 2.82. The number of non-ortho nitro benzene ring substituents is 1. The molecule has 1 heterocycles. The molecule has 1 aromatic heterocycles. The second-order valence-corrected chi connectivity index (χ2v) is 6.22. The summed E-state index contributed by atoms with van der Waals surface area (Å²) in [6.07, 6.45) is 0.514. The molecule has 0 saturated carbocycles. The van der Waals surface area contributed by atoms with E-state index >= 15 is 0 Å². The number of nitrogens with zero attached hydrogens (tertiary/aromatic N) is 2. The minimum Gasteiger partial charge on any atom is -0.407 e. The Morgan fingerprint density at radius 3 is 2.71 bits per heavy atom. The van der Waals surface area contributed by atoms with Crippen LogP contribution in [0.2, 0.25) is 0 Å². The number of hydrogen-bond acceptors (Lipinski definition) is 6. The van der Waals surface area contributed by atoms with Gasteiger partial charge in [0.15, 0.2) is 11.4 Å². The lowest BCUT2D eigenvalue weighted by Crippen LogP contribution is -2.17. The number of anilines is 1. The Hall–Kier alpha value is -3.75. The van der Waals surface area contributed by atoms with Crippen LogP contribution in [0.1, 0.15) is 30.1 Å². The van der Waals surface area contributed by atoms with Crippen molar-refractivity contribution in [3.05, 3.63) is 68.7 Å². The van der Waals surface area contributed by atoms with E-state index in [1.165, 1.54) is 29.7 Å². The summed E-state index contributed by atoms with van der Waals surface area (Å²) in [7, 11) is 0. The van der Waals surface area contributed by atoms with Crippen molar-refractivity contribution in [2.24, 2.45) is 0 Å². The van der Waals surface area contributed by atoms with Crippen LogP contribution in [0.3, 0.4) is 0 Å². The molecule has 9 heteroatoms. The molecule has 0 spiro atoms. The summed E-state index contributed by atoms with van der Waals surface area (Å²) < 4.78 is 6.39. The molecule has 0 radical (unpaired) electrons. The van der Waals surface area contributed by atoms with Gasteiger partial charge in [-0.1, -0.05) is 12.1 Å². The van der Waals surface area contributed by atoms with Crippen LogP contribution in [0.25, 0.3) is 11.1 Å². The van der Waals surface area contributed by atoms with Crippen LogP contribution < -0.4 is 11.1 Å². The summed E-state index contributed by atoms with van der Waals surface area (Å²) in [5.74, 6) is -0.982. The Balaban J connectivity index is 1.63. The number of Topliss-reactive ketones (excluding diaryl/α,β-unsaturated/α-hetero) is 1. The van der Waals surface area contributed by atoms with Crippen molar-refractivity contribution >= 4 is 34.2 Å². The van der Waals surface area contributed by atoms with Gasteiger partial charge < -0.3 is 9.73 Å². The lowest BCUT2D eigenvalue weighted by atomic mass is 10.1. The van der Waals surface area contributed by atoms with E-state index in [4.69, 9.17) is 4.42 Å². The zero-order valence-electron chi connectivity index (χ0n) is 15.0. The molecule has 3 aromatic rings. The van der Waals surface area contributed by atoms with Gasteiger partial charge >= 0.3 is 5.76 Å². The van der Waals surface area contributed by atoms with Crippen LogP contribution in [0.4, 0.5) is 11.4 Å². The minimum absolute atomic E-state index is 0.0949. The summed E-state index contributed by atoms with van der Waals surface area (Å²) in [6.45, 7) is 1.67. The van der Waals surface area contributed by atoms with Gasteiger partial charge in [-0.05, 0) is 31.5 Å². The maximum atomic E-state index is 12.1. The lowest BCUT2D eigenvalue weighted by molar-refractivity contribution is -0.384. The van der Waals surface area contributed by atoms with E-state index in [1.54, 1.807) is 24.3 Å². The van der Waals surface area contributed by atoms with Crippen LogP contribution in [0.15, 0.2) is 51.7 Å². The van der Waals surface area contributed by atoms with E-state index in [0.717, 1.165) is 0 Å². The quantitative estimate of drug-likeness (QED) is 0.380. The van der Waals surface area contributed by atoms with Gasteiger partial charge in [0.1, 0.15) is 0 Å². The summed E-state index contributed by atoms with van der Waals surface area (Å²) >= 11 is 0. The van der Waals surface area contributed by atoms with E-state index in [2.05, 4.69) is 5.32 Å². The first-order valence-corrected chi connectivity index (χ1v) is 8.54. The number of fused-ring (bicyclic) bond motifs is 1. The fraction of sp³-hybridized carbons (Fsp3) is 0.211. The number of nitro groups is 1. The summed E-state index contributed by atoms with van der Waals surface area (Å²) in [5, 5.41) is 13.5. The number of oxazole rings is 1. The molecule has 0 saturated heterocycles. The fourth-order valence-corrected chi connectivity index (χ4v) is 2.82. The minimum atomic E-state index is -0.634. The highest BCUT2D eigenvalue weighted by atomic mass is 16.6. The summed E-state index contributed by atoms with van der Waals surface area (Å²) in [4.78, 5) is 45.7. The normalized spacial score (nSPS) is 10.8. The van der Waals surface area contributed by atoms with E-state index in [1.807, 2.05) is 0 Å². The van der Waals surface area contributed by atoms with Gasteiger partial charge in [-0.3, -0.25) is 24.3 Å². The highest BCUT2D eigenvalue weighted by Crippen LogP contribution is 2.20. The third-order valence-corrected chi connectivity index (χ3v) is 4.20. The van der Waals surface area contributed by atoms with Crippen molar-refractivity contribution in [2.45, 2.75) is 26.3 Å². The first-order chi connectivity index (χ1) is 13.3. The standard InChI is InChI=1S/C19H17N3O6/c1-12(23)13-4-2-5-14(10-13)20-18(24)6-3-9-21-16-8-7-15(22(26)27)11-17(16)28-19(21)25/h2,4-5,7-8,10-11H,3,6,9H2,1H3,(H,20,24). The van der Waals surface area contributed by atoms with Crippen molar-refractivity contribution in [2.75, 3.05) is 5.32 Å². The molecular formula is C19H17N3O6. The molecular weight excluding hydrogens is 366 g/mol. The number of aromatic nitrogens is 1. The number of benzene rings is 2. The topological polar surface area (TPSA) is 124 Å². The van der Waals surface area contributed by atoms with Crippen molar-refractivity contribution in [1.82, 2.24) is 4.57 Å². The van der Waals surface area contributed by atoms with Crippen LogP contribution >= 0.6 is 0 Å². The molecule has 2 aromatic carbocycles. The number of carbonyl (C=O) groups excluding carboxylic acids is 2. The van der Waals surface area contributed by atoms with Gasteiger partial charge in [-0.2, -0.15) is 0 Å². The van der Waals surface area contributed by atoms with Gasteiger partial charge in [-0.25, -0.2) is 4.79 Å². The van der Waals surface area contributed by atoms with Gasteiger partial charge in [-0.15, -0.1) is 0 Å². The van der Waals surface area contributed by atoms with Gasteiger partial charge in [0.05, 0.1) is 16.5 Å². The van der Waals surface area contributed by atoms with Crippen LogP contribution in [0.5, 0.6) is 0 Å². The Kier molecular flexibility index (Phi) is 5.35. The first-order valence-electron chi connectivity index (χ1n) is 8.54. The Labute approximate surface area is 158 Å². The number of nitrogens with one attached hydrogen (secondary N) is 1. The molecule has 9 nitrogen and oxygen atoms in total. The molecule has 1 N–H and O–H groups in total. The van der Waals surface area contributed by atoms with Crippen molar-refractivity contribution in [1.29, 1.82) is 0 Å². The van der Waals surface area contributed by atoms with E-state index in [9.17, 15) is 24.5 Å². The summed E-state index contributed by atoms with van der Waals surface area (Å²) in [5.41, 5.74) is 1.43. The maximum absolute atomic E-state index is 12.1. The smallest absolute Gasteiger partial charge is 0.407 e. The number of amides is 1. The van der Waals surface area contributed by atoms with Crippen molar-refractivity contribution in [3.63, 3.8) is 0 Å². The zero-order valence-corrected chi connectivity index (χ0v) is 15.0. The van der Waals surface area contributed by atoms with Gasteiger partial charge in [0, 0.05) is 30.3 Å². The van der Waals surface area contributed by atoms with E-state index in [-0.39, 0.29) is 35.9 Å². The van der Waals surface area contributed by atoms with Crippen LogP contribution in [0, 0.1) is 10.1 Å². The molecule has 1 amide bonds. The zero-order chi connectivity index (χ0) is 20.3. The molecule has 0 atom stereocenters. The van der Waals surface area contributed by atoms with Crippen molar-refractivity contribution < 1.29 is 18.9 Å². The second kappa shape index (κ2) is 7.87. The predicted octanol–water partition coefficient (Wildman–Crippen LogP) is 3.12. The Morgan fingerprint density at radius 2 is 2.00 bits per heavy atom. The molecule has 3 rings (SSSR count). The Morgan fingerprint density at radius 1 is 1.21 bits per heavy atom. The molecule has 0 bridgehead atoms. The highest BCUT2D eigenvalue weighted by Gasteiger charge is 2.14. The molecule has 0 unspecified atom stereocenters. The second-order valence-electron chi connectivity index (χ2n) is 6.22. The monoisotopic (exact) mass is 383 g/mol. The predicted molar refractivity (Wildman–Crippen MR) is 101 cm³/mol. The van der Waals surface area contributed by atoms with Gasteiger partial charge in [0.25, 0.3) is 5.69 Å². The number of ketones is 1. The largest absolute Gasteiger partial charge is 0.419 e. The third kappa shape index (κ3) is 4.14. The molecule has 144 valence electrons. The number of carbonyl (C=O) groups is 2. The third-order valence-electron chi connectivity index (χ3n) is 4.20. The molecule has 28 heavy (non-hydrogen) atoms. The molecule has 0 aliphatic rings. The Bertz CT molecular complexity index is 1130. The lowest BCUT2D eigenvalue weighted by Gasteiger charge is -2.07. The van der Waals surface area contributed by atoms with E-state index in [0.29, 0.717) is 23.2 Å². The molecule has 0 aliphatic heterocycles. The number of rotatable bonds is 7. The van der Waals surface area contributed by atoms with Crippen LogP contribution in [-0.4, -0.2) is 21.2 Å². The first kappa shape index (κ1) is 19.0. The van der Waals surface area contributed by atoms with Crippen molar-refractivity contribution in [3.8, 4) is 0 Å². The van der Waals surface area contributed by atoms with E-state index < -0.39 is 10.7 Å². The number of hydrogen-bond donors (Lipinski definition) is 1. The SMILES string of the molecule is CC(=O)c1cccc(NC(=O)CCCn2c(=O)oc3cc([N+](=O)[O-])ccc32)c1. The summed E-state index contributed by atoms with van der Waals surface area (Å²) in [6, 6.07) is 10.6. The number of nitro benzene ring substituents is 1. The molecule has 0 fully saturated rings. The molecule has 0 aliphatic carbocycles. The number of aryl methyl sites for hydroxylation is 1. The van der Waals surface area contributed by atoms with Gasteiger partial charge in [0.2, 0.25) is 5.91 Å². The average molecular weight is 383 g/mol. The highest BCUT2D eigenvalue weighted by molar-refractivity contribution is 5.97.